The average Bonchev–Trinajstić information content (AvgIpc) is 3.12. The zero-order chi connectivity index (χ0) is 20.4. The number of nitrogens with zero attached hydrogens (tertiary/aromatic N) is 3. The molecule has 156 valence electrons. The number of hydrogen-bond donors (Lipinski definition) is 1. The molecule has 0 spiro atoms. The molecule has 2 heterocycles. The summed E-state index contributed by atoms with van der Waals surface area (Å²) in [4.78, 5) is 17.2. The standard InChI is InChI=1S/C23H32N4O2/c1-16-5-4-6-21(18(16)3)27-11-9-26(10-12-27)8-7-19-14-20(15-19)24-23(28)22-13-17(2)25-29-22/h4-6,13,19-20H,7-12,14-15H2,1-3H3,(H,24,28). The lowest BCUT2D eigenvalue weighted by Gasteiger charge is -2.40. The van der Waals surface area contributed by atoms with E-state index in [1.54, 1.807) is 6.07 Å². The van der Waals surface area contributed by atoms with Crippen LogP contribution in [0.25, 0.3) is 0 Å². The SMILES string of the molecule is Cc1cc(C(=O)NC2CC(CCN3CCN(c4cccc(C)c4C)CC3)C2)on1. The molecule has 1 aliphatic carbocycles. The second-order valence-electron chi connectivity index (χ2n) is 8.68. The summed E-state index contributed by atoms with van der Waals surface area (Å²) >= 11 is 0. The largest absolute Gasteiger partial charge is 0.369 e. The van der Waals surface area contributed by atoms with Gasteiger partial charge < -0.3 is 14.7 Å². The minimum atomic E-state index is -0.142. The maximum Gasteiger partial charge on any atom is 0.290 e. The average molecular weight is 397 g/mol. The molecular formula is C23H32N4O2. The van der Waals surface area contributed by atoms with Crippen LogP contribution in [0.1, 0.15) is 46.6 Å². The van der Waals surface area contributed by atoms with E-state index in [0.29, 0.717) is 11.7 Å². The number of rotatable bonds is 6. The first-order chi connectivity index (χ1) is 14.0. The Morgan fingerprint density at radius 1 is 1.17 bits per heavy atom. The highest BCUT2D eigenvalue weighted by Crippen LogP contribution is 2.31. The van der Waals surface area contributed by atoms with Crippen molar-refractivity contribution in [2.45, 2.75) is 46.1 Å². The predicted molar refractivity (Wildman–Crippen MR) is 114 cm³/mol. The van der Waals surface area contributed by atoms with E-state index in [1.807, 2.05) is 6.92 Å². The fourth-order valence-corrected chi connectivity index (χ4v) is 4.47. The second-order valence-corrected chi connectivity index (χ2v) is 8.68. The van der Waals surface area contributed by atoms with Crippen LogP contribution in [0.2, 0.25) is 0 Å². The van der Waals surface area contributed by atoms with Gasteiger partial charge in [0.1, 0.15) is 0 Å². The first-order valence-corrected chi connectivity index (χ1v) is 10.8. The Bertz CT molecular complexity index is 848. The minimum absolute atomic E-state index is 0.142. The van der Waals surface area contributed by atoms with Crippen LogP contribution in [-0.4, -0.2) is 54.7 Å². The van der Waals surface area contributed by atoms with Crippen LogP contribution >= 0.6 is 0 Å². The van der Waals surface area contributed by atoms with Crippen molar-refractivity contribution in [3.63, 3.8) is 0 Å². The molecule has 2 aromatic rings. The fourth-order valence-electron chi connectivity index (χ4n) is 4.47. The molecule has 0 atom stereocenters. The van der Waals surface area contributed by atoms with E-state index in [2.05, 4.69) is 52.3 Å². The third-order valence-corrected chi connectivity index (χ3v) is 6.57. The highest BCUT2D eigenvalue weighted by atomic mass is 16.5. The van der Waals surface area contributed by atoms with Gasteiger partial charge in [0, 0.05) is 44.0 Å². The van der Waals surface area contributed by atoms with Crippen LogP contribution in [-0.2, 0) is 0 Å². The van der Waals surface area contributed by atoms with Crippen molar-refractivity contribution in [1.82, 2.24) is 15.4 Å². The van der Waals surface area contributed by atoms with Gasteiger partial charge in [-0.2, -0.15) is 0 Å². The number of amides is 1. The molecule has 1 saturated heterocycles. The lowest BCUT2D eigenvalue weighted by Crippen LogP contribution is -2.48. The number of aromatic nitrogens is 1. The van der Waals surface area contributed by atoms with Crippen molar-refractivity contribution in [1.29, 1.82) is 0 Å². The summed E-state index contributed by atoms with van der Waals surface area (Å²) in [6.07, 6.45) is 3.36. The van der Waals surface area contributed by atoms with Crippen molar-refractivity contribution in [3.8, 4) is 0 Å². The van der Waals surface area contributed by atoms with Crippen molar-refractivity contribution >= 4 is 11.6 Å². The van der Waals surface area contributed by atoms with Crippen molar-refractivity contribution in [3.05, 3.63) is 46.8 Å². The molecule has 0 bridgehead atoms. The van der Waals surface area contributed by atoms with Gasteiger partial charge in [0.25, 0.3) is 5.91 Å². The summed E-state index contributed by atoms with van der Waals surface area (Å²) < 4.78 is 5.03. The molecular weight excluding hydrogens is 364 g/mol. The molecule has 0 radical (unpaired) electrons. The molecule has 4 rings (SSSR count). The monoisotopic (exact) mass is 396 g/mol. The van der Waals surface area contributed by atoms with E-state index in [4.69, 9.17) is 4.52 Å². The quantitative estimate of drug-likeness (QED) is 0.812. The van der Waals surface area contributed by atoms with Gasteiger partial charge >= 0.3 is 0 Å². The Balaban J connectivity index is 1.15. The van der Waals surface area contributed by atoms with Gasteiger partial charge in [0.2, 0.25) is 5.76 Å². The molecule has 29 heavy (non-hydrogen) atoms. The number of carbonyl (C=O) groups is 1. The summed E-state index contributed by atoms with van der Waals surface area (Å²) in [5.41, 5.74) is 4.91. The molecule has 1 aromatic heterocycles. The molecule has 2 aliphatic rings. The summed E-state index contributed by atoms with van der Waals surface area (Å²) in [6.45, 7) is 11.9. The Morgan fingerprint density at radius 2 is 1.93 bits per heavy atom. The second kappa shape index (κ2) is 8.57. The van der Waals surface area contributed by atoms with Gasteiger partial charge in [-0.15, -0.1) is 0 Å². The number of nitrogens with one attached hydrogen (secondary N) is 1. The van der Waals surface area contributed by atoms with Gasteiger partial charge in [-0.3, -0.25) is 9.69 Å². The molecule has 6 nitrogen and oxygen atoms in total. The zero-order valence-corrected chi connectivity index (χ0v) is 17.8. The Labute approximate surface area is 173 Å². The molecule has 6 heteroatoms. The van der Waals surface area contributed by atoms with Crippen molar-refractivity contribution in [2.75, 3.05) is 37.6 Å². The Hall–Kier alpha value is -2.34. The first-order valence-electron chi connectivity index (χ1n) is 10.8. The summed E-state index contributed by atoms with van der Waals surface area (Å²) in [5, 5.41) is 6.83. The van der Waals surface area contributed by atoms with Gasteiger partial charge in [-0.1, -0.05) is 17.3 Å². The Kier molecular flexibility index (Phi) is 5.90. The third-order valence-electron chi connectivity index (χ3n) is 6.57. The van der Waals surface area contributed by atoms with Crippen LogP contribution in [0.5, 0.6) is 0 Å². The highest BCUT2D eigenvalue weighted by Gasteiger charge is 2.31. The number of anilines is 1. The highest BCUT2D eigenvalue weighted by molar-refractivity contribution is 5.91. The Morgan fingerprint density at radius 3 is 2.62 bits per heavy atom. The molecule has 1 N–H and O–H groups in total. The molecule has 2 fully saturated rings. The molecule has 1 aliphatic heterocycles. The lowest BCUT2D eigenvalue weighted by atomic mass is 9.78. The number of aryl methyl sites for hydroxylation is 2. The topological polar surface area (TPSA) is 61.6 Å². The summed E-state index contributed by atoms with van der Waals surface area (Å²) in [6, 6.07) is 8.57. The van der Waals surface area contributed by atoms with Crippen molar-refractivity contribution in [2.24, 2.45) is 5.92 Å². The molecule has 1 amide bonds. The van der Waals surface area contributed by atoms with Crippen LogP contribution in [0.3, 0.4) is 0 Å². The maximum atomic E-state index is 12.1. The zero-order valence-electron chi connectivity index (χ0n) is 17.8. The maximum absolute atomic E-state index is 12.1. The minimum Gasteiger partial charge on any atom is -0.369 e. The van der Waals surface area contributed by atoms with Gasteiger partial charge in [-0.25, -0.2) is 0 Å². The summed E-state index contributed by atoms with van der Waals surface area (Å²) in [5.74, 6) is 0.887. The number of piperazine rings is 1. The van der Waals surface area contributed by atoms with E-state index < -0.39 is 0 Å². The number of benzene rings is 1. The van der Waals surface area contributed by atoms with Crippen LogP contribution in [0.15, 0.2) is 28.8 Å². The van der Waals surface area contributed by atoms with E-state index in [9.17, 15) is 4.79 Å². The van der Waals surface area contributed by atoms with Gasteiger partial charge in [-0.05, 0) is 69.7 Å². The molecule has 1 aromatic carbocycles. The van der Waals surface area contributed by atoms with Gasteiger partial charge in [0.05, 0.1) is 5.69 Å². The number of hydrogen-bond acceptors (Lipinski definition) is 5. The predicted octanol–water partition coefficient (Wildman–Crippen LogP) is 3.32. The third kappa shape index (κ3) is 4.64. The molecule has 0 unspecified atom stereocenters. The van der Waals surface area contributed by atoms with Crippen LogP contribution < -0.4 is 10.2 Å². The molecule has 1 saturated carbocycles. The van der Waals surface area contributed by atoms with Gasteiger partial charge in [0.15, 0.2) is 0 Å². The first kappa shape index (κ1) is 20.0. The van der Waals surface area contributed by atoms with Crippen molar-refractivity contribution < 1.29 is 9.32 Å². The van der Waals surface area contributed by atoms with E-state index in [1.165, 1.54) is 23.2 Å². The van der Waals surface area contributed by atoms with E-state index >= 15 is 0 Å². The van der Waals surface area contributed by atoms with E-state index in [-0.39, 0.29) is 11.9 Å². The fraction of sp³-hybridized carbons (Fsp3) is 0.565. The van der Waals surface area contributed by atoms with Crippen LogP contribution in [0.4, 0.5) is 5.69 Å². The summed E-state index contributed by atoms with van der Waals surface area (Å²) in [7, 11) is 0. The number of carbonyl (C=O) groups excluding carboxylic acids is 1. The van der Waals surface area contributed by atoms with Crippen LogP contribution in [0, 0.1) is 26.7 Å². The normalized spacial score (nSPS) is 22.4. The van der Waals surface area contributed by atoms with E-state index in [0.717, 1.165) is 51.3 Å². The lowest BCUT2D eigenvalue weighted by molar-refractivity contribution is 0.0840. The smallest absolute Gasteiger partial charge is 0.290 e.